The Labute approximate surface area is 523 Å². The molecule has 91 heavy (non-hydrogen) atoms. The van der Waals surface area contributed by atoms with E-state index in [1.165, 1.54) is 44.5 Å². The maximum Gasteiger partial charge on any atom is 0.249 e. The molecule has 6 heterocycles. The minimum Gasteiger partial charge on any atom is -0.457 e. The first-order valence-electron chi connectivity index (χ1n) is 30.5. The quantitative estimate of drug-likeness (QED) is 0.154. The standard InChI is InChI=1S/C82H48N6O3/c1-3-19-49(20-4-1)77-60-27-11-17-33-71(60)85-78(86-77)61-43-55(48-84-76(61)53-36-40-67-75(46-53)89-72-34-18-16-32-66(72)81(67)62-28-12-7-23-56(62)57-24-8-13-29-63(57)81)51-38-42-73-69(44-51)82(64-30-14-9-25-58(64)59-26-10-15-31-65(59)82)68-39-35-52(45-74(68)90-73)70-41-37-54(47-83-70)80-88-87-79(91-80)50-21-5-2-6-22-50/h1-48H. The van der Waals surface area contributed by atoms with Crippen molar-refractivity contribution in [2.24, 2.45) is 0 Å². The maximum absolute atomic E-state index is 7.18. The van der Waals surface area contributed by atoms with Crippen molar-refractivity contribution in [1.82, 2.24) is 30.1 Å². The molecule has 2 spiro atoms. The Morgan fingerprint density at radius 2 is 0.769 bits per heavy atom. The van der Waals surface area contributed by atoms with Gasteiger partial charge >= 0.3 is 0 Å². The van der Waals surface area contributed by atoms with Gasteiger partial charge in [0.05, 0.1) is 39.0 Å². The van der Waals surface area contributed by atoms with Gasteiger partial charge in [-0.05, 0) is 117 Å². The number of rotatable bonds is 7. The summed E-state index contributed by atoms with van der Waals surface area (Å²) in [6.07, 6.45) is 3.78. The van der Waals surface area contributed by atoms with E-state index in [0.717, 1.165) is 118 Å². The number of ether oxygens (including phenoxy) is 2. The zero-order valence-corrected chi connectivity index (χ0v) is 48.6. The smallest absolute Gasteiger partial charge is 0.249 e. The predicted octanol–water partition coefficient (Wildman–Crippen LogP) is 19.4. The largest absolute Gasteiger partial charge is 0.457 e. The Hall–Kier alpha value is -12.2. The van der Waals surface area contributed by atoms with Gasteiger partial charge in [0.15, 0.2) is 5.82 Å². The number of benzene rings is 11. The summed E-state index contributed by atoms with van der Waals surface area (Å²) < 4.78 is 20.4. The highest BCUT2D eigenvalue weighted by Gasteiger charge is 2.53. The first-order chi connectivity index (χ1) is 45.1. The van der Waals surface area contributed by atoms with Gasteiger partial charge in [0, 0.05) is 73.4 Å². The molecule has 4 aliphatic rings. The lowest BCUT2D eigenvalue weighted by molar-refractivity contribution is 0.436. The summed E-state index contributed by atoms with van der Waals surface area (Å²) in [6.45, 7) is 0. The van der Waals surface area contributed by atoms with Crippen molar-refractivity contribution in [3.05, 3.63) is 336 Å². The van der Waals surface area contributed by atoms with Gasteiger partial charge in [-0.2, -0.15) is 0 Å². The Bertz CT molecular complexity index is 5420. The fourth-order valence-corrected chi connectivity index (χ4v) is 15.0. The van der Waals surface area contributed by atoms with E-state index in [0.29, 0.717) is 17.6 Å². The van der Waals surface area contributed by atoms with Crippen molar-refractivity contribution in [3.8, 4) is 124 Å². The first kappa shape index (κ1) is 50.9. The highest BCUT2D eigenvalue weighted by molar-refractivity contribution is 5.96. The topological polar surface area (TPSA) is 109 Å². The molecule has 424 valence electrons. The van der Waals surface area contributed by atoms with Crippen LogP contribution in [-0.2, 0) is 10.8 Å². The lowest BCUT2D eigenvalue weighted by Crippen LogP contribution is -2.32. The van der Waals surface area contributed by atoms with E-state index in [4.69, 9.17) is 33.8 Å². The number of nitrogens with zero attached hydrogens (tertiary/aromatic N) is 6. The Kier molecular flexibility index (Phi) is 11.0. The highest BCUT2D eigenvalue weighted by Crippen LogP contribution is 2.64. The predicted molar refractivity (Wildman–Crippen MR) is 356 cm³/mol. The van der Waals surface area contributed by atoms with Crippen LogP contribution in [0.1, 0.15) is 44.5 Å². The number of pyridine rings is 2. The molecule has 2 aliphatic heterocycles. The minimum atomic E-state index is -0.766. The summed E-state index contributed by atoms with van der Waals surface area (Å²) in [4.78, 5) is 21.4. The van der Waals surface area contributed by atoms with Crippen LogP contribution in [0.15, 0.2) is 296 Å². The second-order valence-corrected chi connectivity index (χ2v) is 23.6. The molecule has 19 rings (SSSR count). The van der Waals surface area contributed by atoms with E-state index < -0.39 is 10.8 Å². The molecule has 11 aromatic carbocycles. The van der Waals surface area contributed by atoms with Gasteiger partial charge in [0.25, 0.3) is 0 Å². The van der Waals surface area contributed by atoms with E-state index in [1.807, 2.05) is 66.9 Å². The third-order valence-electron chi connectivity index (χ3n) is 18.9. The third kappa shape index (κ3) is 7.46. The third-order valence-corrected chi connectivity index (χ3v) is 18.9. The van der Waals surface area contributed by atoms with Crippen LogP contribution in [0.5, 0.6) is 23.0 Å². The van der Waals surface area contributed by atoms with Crippen LogP contribution < -0.4 is 9.47 Å². The van der Waals surface area contributed by atoms with Crippen molar-refractivity contribution in [2.75, 3.05) is 0 Å². The molecule has 4 aromatic heterocycles. The molecule has 0 saturated heterocycles. The SMILES string of the molecule is c1ccc(-c2nnc(-c3ccc(-c4ccc5c(c4)Oc4ccc(-c6cnc(-c7ccc8c(c7)Oc7ccccc7C87c8ccccc8-c8ccccc87)c(-c7nc(-c8ccccc8)c8ccccc8n7)c6)cc4C54c5ccccc5-c5ccccc54)nc3)o2)cc1. The molecule has 0 unspecified atom stereocenters. The van der Waals surface area contributed by atoms with Crippen molar-refractivity contribution >= 4 is 10.9 Å². The normalized spacial score (nSPS) is 13.6. The Balaban J connectivity index is 0.776. The molecule has 15 aromatic rings. The molecule has 0 N–H and O–H groups in total. The van der Waals surface area contributed by atoms with Gasteiger partial charge in [-0.1, -0.05) is 212 Å². The van der Waals surface area contributed by atoms with Gasteiger partial charge in [-0.15, -0.1) is 10.2 Å². The fraction of sp³-hybridized carbons (Fsp3) is 0.0244. The number of aromatic nitrogens is 6. The van der Waals surface area contributed by atoms with E-state index >= 15 is 0 Å². The molecule has 0 fully saturated rings. The van der Waals surface area contributed by atoms with E-state index in [2.05, 4.69) is 229 Å². The Morgan fingerprint density at radius 1 is 0.275 bits per heavy atom. The summed E-state index contributed by atoms with van der Waals surface area (Å²) in [6, 6.07) is 98.0. The number of para-hydroxylation sites is 2. The second kappa shape index (κ2) is 19.7. The minimum absolute atomic E-state index is 0.401. The van der Waals surface area contributed by atoms with Crippen molar-refractivity contribution in [3.63, 3.8) is 0 Å². The molecule has 0 bridgehead atoms. The van der Waals surface area contributed by atoms with Crippen LogP contribution in [-0.4, -0.2) is 30.1 Å². The number of hydrogen-bond acceptors (Lipinski definition) is 9. The zero-order chi connectivity index (χ0) is 59.8. The molecule has 0 amide bonds. The second-order valence-electron chi connectivity index (χ2n) is 23.6. The van der Waals surface area contributed by atoms with Crippen LogP contribution >= 0.6 is 0 Å². The van der Waals surface area contributed by atoms with Crippen LogP contribution in [0.3, 0.4) is 0 Å². The summed E-state index contributed by atoms with van der Waals surface area (Å²) >= 11 is 0. The molecule has 9 nitrogen and oxygen atoms in total. The molecular weight excluding hydrogens is 1120 g/mol. The van der Waals surface area contributed by atoms with Crippen molar-refractivity contribution in [2.45, 2.75) is 10.8 Å². The Morgan fingerprint density at radius 3 is 1.42 bits per heavy atom. The lowest BCUT2D eigenvalue weighted by Gasteiger charge is -2.39. The maximum atomic E-state index is 7.18. The average molecular weight is 1170 g/mol. The van der Waals surface area contributed by atoms with Crippen molar-refractivity contribution < 1.29 is 13.9 Å². The molecule has 2 aliphatic carbocycles. The monoisotopic (exact) mass is 1160 g/mol. The van der Waals surface area contributed by atoms with Crippen LogP contribution in [0.2, 0.25) is 0 Å². The number of hydrogen-bond donors (Lipinski definition) is 0. The number of fused-ring (bicyclic) bond motifs is 19. The lowest BCUT2D eigenvalue weighted by atomic mass is 9.65. The highest BCUT2D eigenvalue weighted by atomic mass is 16.5. The van der Waals surface area contributed by atoms with Crippen LogP contribution in [0.25, 0.3) is 112 Å². The van der Waals surface area contributed by atoms with Gasteiger partial charge < -0.3 is 13.9 Å². The van der Waals surface area contributed by atoms with Gasteiger partial charge in [-0.3, -0.25) is 9.97 Å². The van der Waals surface area contributed by atoms with E-state index in [-0.39, 0.29) is 0 Å². The van der Waals surface area contributed by atoms with Gasteiger partial charge in [-0.25, -0.2) is 9.97 Å². The van der Waals surface area contributed by atoms with E-state index in [1.54, 1.807) is 6.20 Å². The molecule has 0 radical (unpaired) electrons. The summed E-state index contributed by atoms with van der Waals surface area (Å²) in [5, 5.41) is 9.63. The molecule has 9 heteroatoms. The van der Waals surface area contributed by atoms with Crippen LogP contribution in [0.4, 0.5) is 0 Å². The van der Waals surface area contributed by atoms with Gasteiger partial charge in [0.2, 0.25) is 11.8 Å². The summed E-state index contributed by atoms with van der Waals surface area (Å²) in [7, 11) is 0. The fourth-order valence-electron chi connectivity index (χ4n) is 15.0. The summed E-state index contributed by atoms with van der Waals surface area (Å²) in [5.41, 5.74) is 22.6. The average Bonchev–Trinajstić information content (AvgIpc) is 1.62. The van der Waals surface area contributed by atoms with Crippen LogP contribution in [0, 0.1) is 0 Å². The van der Waals surface area contributed by atoms with Crippen molar-refractivity contribution in [1.29, 1.82) is 0 Å². The molecule has 0 atom stereocenters. The first-order valence-corrected chi connectivity index (χ1v) is 30.5. The molecular formula is C82H48N6O3. The van der Waals surface area contributed by atoms with Gasteiger partial charge in [0.1, 0.15) is 23.0 Å². The summed E-state index contributed by atoms with van der Waals surface area (Å²) in [5.74, 6) is 4.50. The zero-order valence-electron chi connectivity index (χ0n) is 48.6. The van der Waals surface area contributed by atoms with E-state index in [9.17, 15) is 0 Å². The molecule has 0 saturated carbocycles.